The van der Waals surface area contributed by atoms with Crippen LogP contribution in [0.4, 0.5) is 14.5 Å². The lowest BCUT2D eigenvalue weighted by Gasteiger charge is -2.07. The van der Waals surface area contributed by atoms with Crippen molar-refractivity contribution >= 4 is 34.3 Å². The summed E-state index contributed by atoms with van der Waals surface area (Å²) < 4.78 is 32.6. The SMILES string of the molecule is O=C(CCn1cnc2onc(-c3ccccc3Cl)c2c1=O)Nc1ccc(F)c(F)c1. The molecule has 2 aromatic heterocycles. The van der Waals surface area contributed by atoms with Gasteiger partial charge >= 0.3 is 0 Å². The number of carbonyl (C=O) groups excluding carboxylic acids is 1. The number of aryl methyl sites for hydroxylation is 1. The molecule has 0 radical (unpaired) electrons. The molecule has 0 aliphatic carbocycles. The Balaban J connectivity index is 1.56. The zero-order valence-corrected chi connectivity index (χ0v) is 16.0. The van der Waals surface area contributed by atoms with Gasteiger partial charge < -0.3 is 9.84 Å². The van der Waals surface area contributed by atoms with Gasteiger partial charge in [0.25, 0.3) is 11.3 Å². The lowest BCUT2D eigenvalue weighted by atomic mass is 10.1. The van der Waals surface area contributed by atoms with E-state index in [4.69, 9.17) is 16.1 Å². The molecule has 0 spiro atoms. The summed E-state index contributed by atoms with van der Waals surface area (Å²) >= 11 is 6.19. The maximum Gasteiger partial charge on any atom is 0.266 e. The molecule has 7 nitrogen and oxygen atoms in total. The second-order valence-corrected chi connectivity index (χ2v) is 6.77. The minimum Gasteiger partial charge on any atom is -0.335 e. The molecular weight excluding hydrogens is 418 g/mol. The smallest absolute Gasteiger partial charge is 0.266 e. The molecule has 152 valence electrons. The topological polar surface area (TPSA) is 90.0 Å². The molecule has 0 aliphatic rings. The lowest BCUT2D eigenvalue weighted by molar-refractivity contribution is -0.116. The van der Waals surface area contributed by atoms with E-state index >= 15 is 0 Å². The second-order valence-electron chi connectivity index (χ2n) is 6.36. The van der Waals surface area contributed by atoms with Gasteiger partial charge in [0.1, 0.15) is 17.4 Å². The fraction of sp³-hybridized carbons (Fsp3) is 0.100. The fourth-order valence-corrected chi connectivity index (χ4v) is 3.12. The van der Waals surface area contributed by atoms with E-state index in [9.17, 15) is 18.4 Å². The van der Waals surface area contributed by atoms with Crippen LogP contribution in [0.1, 0.15) is 6.42 Å². The van der Waals surface area contributed by atoms with Gasteiger partial charge in [0, 0.05) is 30.3 Å². The highest BCUT2D eigenvalue weighted by Gasteiger charge is 2.19. The Bertz CT molecular complexity index is 1320. The number of fused-ring (bicyclic) bond motifs is 1. The summed E-state index contributed by atoms with van der Waals surface area (Å²) in [5.41, 5.74) is 0.494. The molecule has 1 N–H and O–H groups in total. The Kier molecular flexibility index (Phi) is 5.28. The number of hydrogen-bond donors (Lipinski definition) is 1. The van der Waals surface area contributed by atoms with Crippen molar-refractivity contribution in [2.24, 2.45) is 0 Å². The Morgan fingerprint density at radius 3 is 2.73 bits per heavy atom. The van der Waals surface area contributed by atoms with E-state index in [-0.39, 0.29) is 35.4 Å². The number of hydrogen-bond acceptors (Lipinski definition) is 5. The number of aromatic nitrogens is 3. The third-order valence-electron chi connectivity index (χ3n) is 4.38. The van der Waals surface area contributed by atoms with Gasteiger partial charge in [-0.15, -0.1) is 0 Å². The van der Waals surface area contributed by atoms with Crippen molar-refractivity contribution in [3.05, 3.63) is 75.8 Å². The van der Waals surface area contributed by atoms with Crippen molar-refractivity contribution in [3.8, 4) is 11.3 Å². The molecule has 2 aromatic carbocycles. The van der Waals surface area contributed by atoms with Crippen LogP contribution in [-0.4, -0.2) is 20.6 Å². The van der Waals surface area contributed by atoms with Crippen LogP contribution in [0.25, 0.3) is 22.4 Å². The first-order valence-electron chi connectivity index (χ1n) is 8.78. The minimum atomic E-state index is -1.07. The molecular formula is C20H13ClF2N4O3. The molecule has 0 saturated heterocycles. The van der Waals surface area contributed by atoms with Crippen molar-refractivity contribution in [2.75, 3.05) is 5.32 Å². The van der Waals surface area contributed by atoms with Gasteiger partial charge in [0.05, 0.1) is 5.02 Å². The molecule has 4 rings (SSSR count). The number of anilines is 1. The molecule has 0 unspecified atom stereocenters. The van der Waals surface area contributed by atoms with E-state index < -0.39 is 23.1 Å². The van der Waals surface area contributed by atoms with E-state index in [1.807, 2.05) is 0 Å². The fourth-order valence-electron chi connectivity index (χ4n) is 2.90. The Morgan fingerprint density at radius 1 is 1.17 bits per heavy atom. The van der Waals surface area contributed by atoms with E-state index in [1.54, 1.807) is 24.3 Å². The maximum absolute atomic E-state index is 13.3. The monoisotopic (exact) mass is 430 g/mol. The van der Waals surface area contributed by atoms with Gasteiger partial charge in [-0.2, -0.15) is 0 Å². The third-order valence-corrected chi connectivity index (χ3v) is 4.70. The number of halogens is 3. The van der Waals surface area contributed by atoms with Crippen LogP contribution in [0, 0.1) is 11.6 Å². The molecule has 0 saturated carbocycles. The number of benzene rings is 2. The number of rotatable bonds is 5. The third kappa shape index (κ3) is 3.79. The maximum atomic E-state index is 13.3. The highest BCUT2D eigenvalue weighted by atomic mass is 35.5. The van der Waals surface area contributed by atoms with Gasteiger partial charge in [-0.1, -0.05) is 35.0 Å². The number of nitrogens with one attached hydrogen (secondary N) is 1. The zero-order chi connectivity index (χ0) is 21.3. The van der Waals surface area contributed by atoms with Gasteiger partial charge in [-0.3, -0.25) is 14.2 Å². The summed E-state index contributed by atoms with van der Waals surface area (Å²) in [6, 6.07) is 9.88. The summed E-state index contributed by atoms with van der Waals surface area (Å²) in [5, 5.41) is 6.90. The zero-order valence-electron chi connectivity index (χ0n) is 15.2. The van der Waals surface area contributed by atoms with E-state index in [0.29, 0.717) is 10.6 Å². The molecule has 0 aliphatic heterocycles. The number of nitrogens with zero attached hydrogens (tertiary/aromatic N) is 3. The number of carbonyl (C=O) groups is 1. The average molecular weight is 431 g/mol. The molecule has 0 fully saturated rings. The average Bonchev–Trinajstić information content (AvgIpc) is 3.15. The standard InChI is InChI=1S/C20H13ClF2N4O3/c21-13-4-2-1-3-12(13)18-17-19(30-26-18)24-10-27(20(17)29)8-7-16(28)25-11-5-6-14(22)15(23)9-11/h1-6,9-10H,7-8H2,(H,25,28). The highest BCUT2D eigenvalue weighted by Crippen LogP contribution is 2.30. The molecule has 2 heterocycles. The second kappa shape index (κ2) is 8.03. The van der Waals surface area contributed by atoms with Crippen LogP contribution in [0.3, 0.4) is 0 Å². The first kappa shape index (κ1) is 19.7. The predicted octanol–water partition coefficient (Wildman–Crippen LogP) is 4.01. The molecule has 1 amide bonds. The van der Waals surface area contributed by atoms with Crippen molar-refractivity contribution in [2.45, 2.75) is 13.0 Å². The van der Waals surface area contributed by atoms with E-state index in [1.165, 1.54) is 17.0 Å². The van der Waals surface area contributed by atoms with Gasteiger partial charge in [-0.25, -0.2) is 13.8 Å². The summed E-state index contributed by atoms with van der Waals surface area (Å²) in [5.74, 6) is -2.56. The quantitative estimate of drug-likeness (QED) is 0.516. The predicted molar refractivity (Wildman–Crippen MR) is 106 cm³/mol. The summed E-state index contributed by atoms with van der Waals surface area (Å²) in [6.45, 7) is 0.00439. The molecule has 30 heavy (non-hydrogen) atoms. The van der Waals surface area contributed by atoms with Crippen molar-refractivity contribution in [3.63, 3.8) is 0 Å². The van der Waals surface area contributed by atoms with E-state index in [0.717, 1.165) is 12.1 Å². The largest absolute Gasteiger partial charge is 0.335 e. The summed E-state index contributed by atoms with van der Waals surface area (Å²) in [6.07, 6.45) is 1.15. The molecule has 0 atom stereocenters. The first-order valence-corrected chi connectivity index (χ1v) is 9.16. The van der Waals surface area contributed by atoms with Crippen LogP contribution < -0.4 is 10.9 Å². The first-order chi connectivity index (χ1) is 14.4. The molecule has 4 aromatic rings. The summed E-state index contributed by atoms with van der Waals surface area (Å²) in [4.78, 5) is 29.1. The molecule has 10 heteroatoms. The highest BCUT2D eigenvalue weighted by molar-refractivity contribution is 6.33. The number of amides is 1. The van der Waals surface area contributed by atoms with Gasteiger partial charge in [0.15, 0.2) is 11.6 Å². The van der Waals surface area contributed by atoms with Crippen molar-refractivity contribution in [1.82, 2.24) is 14.7 Å². The normalized spacial score (nSPS) is 11.0. The Labute approximate surface area is 172 Å². The van der Waals surface area contributed by atoms with Gasteiger partial charge in [0.2, 0.25) is 5.91 Å². The Hall–Kier alpha value is -3.59. The van der Waals surface area contributed by atoms with Gasteiger partial charge in [-0.05, 0) is 18.2 Å². The summed E-state index contributed by atoms with van der Waals surface area (Å²) in [7, 11) is 0. The van der Waals surface area contributed by atoms with Crippen LogP contribution >= 0.6 is 11.6 Å². The van der Waals surface area contributed by atoms with Crippen LogP contribution in [0.5, 0.6) is 0 Å². The van der Waals surface area contributed by atoms with Crippen molar-refractivity contribution < 1.29 is 18.1 Å². The molecule has 0 bridgehead atoms. The van der Waals surface area contributed by atoms with Crippen LogP contribution in [-0.2, 0) is 11.3 Å². The Morgan fingerprint density at radius 2 is 1.97 bits per heavy atom. The van der Waals surface area contributed by atoms with Crippen molar-refractivity contribution in [1.29, 1.82) is 0 Å². The van der Waals surface area contributed by atoms with Crippen LogP contribution in [0.2, 0.25) is 5.02 Å². The van der Waals surface area contributed by atoms with E-state index in [2.05, 4.69) is 15.5 Å². The lowest BCUT2D eigenvalue weighted by Crippen LogP contribution is -2.23. The van der Waals surface area contributed by atoms with Crippen LogP contribution in [0.15, 0.2) is 58.1 Å². The minimum absolute atomic E-state index is 0.00439.